The van der Waals surface area contributed by atoms with Crippen molar-refractivity contribution in [2.75, 3.05) is 19.5 Å². The summed E-state index contributed by atoms with van der Waals surface area (Å²) in [6.45, 7) is 2.13. The number of para-hydroxylation sites is 1. The molecule has 0 bridgehead atoms. The van der Waals surface area contributed by atoms with Crippen LogP contribution in [0.1, 0.15) is 28.6 Å². The predicted molar refractivity (Wildman–Crippen MR) is 109 cm³/mol. The first-order valence-electron chi connectivity index (χ1n) is 8.74. The van der Waals surface area contributed by atoms with Crippen molar-refractivity contribution in [1.82, 2.24) is 4.98 Å². The van der Waals surface area contributed by atoms with Gasteiger partial charge in [-0.25, -0.2) is 4.98 Å². The molecule has 0 spiro atoms. The number of anilines is 1. The Labute approximate surface area is 163 Å². The molecular formula is C21H22N2O3S. The lowest BCUT2D eigenvalue weighted by Crippen LogP contribution is -2.12. The molecule has 140 valence electrons. The maximum Gasteiger partial charge on any atom is 0.261 e. The van der Waals surface area contributed by atoms with Gasteiger partial charge in [0.15, 0.2) is 5.13 Å². The number of nitrogens with one attached hydrogen (secondary N) is 1. The van der Waals surface area contributed by atoms with Crippen LogP contribution in [0.2, 0.25) is 0 Å². The second-order valence-corrected chi connectivity index (χ2v) is 7.01. The number of ether oxygens (including phenoxy) is 2. The summed E-state index contributed by atoms with van der Waals surface area (Å²) in [5.41, 5.74) is 2.39. The predicted octanol–water partition coefficient (Wildman–Crippen LogP) is 5.03. The molecular weight excluding hydrogens is 360 g/mol. The first-order valence-corrected chi connectivity index (χ1v) is 9.56. The van der Waals surface area contributed by atoms with Gasteiger partial charge in [-0.15, -0.1) is 11.3 Å². The molecule has 1 N–H and O–H groups in total. The molecule has 0 aliphatic heterocycles. The van der Waals surface area contributed by atoms with Crippen LogP contribution in [0.5, 0.6) is 11.5 Å². The van der Waals surface area contributed by atoms with E-state index >= 15 is 0 Å². The summed E-state index contributed by atoms with van der Waals surface area (Å²) in [5.74, 6) is 1.11. The van der Waals surface area contributed by atoms with E-state index in [1.165, 1.54) is 11.3 Å². The highest BCUT2D eigenvalue weighted by Crippen LogP contribution is 2.33. The van der Waals surface area contributed by atoms with Gasteiger partial charge >= 0.3 is 0 Å². The van der Waals surface area contributed by atoms with Crippen molar-refractivity contribution < 1.29 is 14.3 Å². The number of nitrogens with zero attached hydrogens (tertiary/aromatic N) is 1. The third-order valence-electron chi connectivity index (χ3n) is 4.11. The van der Waals surface area contributed by atoms with E-state index in [0.29, 0.717) is 16.4 Å². The molecule has 1 heterocycles. The van der Waals surface area contributed by atoms with Crippen molar-refractivity contribution in [1.29, 1.82) is 0 Å². The highest BCUT2D eigenvalue weighted by Gasteiger charge is 2.17. The van der Waals surface area contributed by atoms with E-state index in [9.17, 15) is 4.79 Å². The van der Waals surface area contributed by atoms with Crippen LogP contribution in [-0.4, -0.2) is 25.1 Å². The fraction of sp³-hybridized carbons (Fsp3) is 0.238. The Hall–Kier alpha value is -2.86. The molecule has 2 aromatic carbocycles. The molecule has 0 atom stereocenters. The van der Waals surface area contributed by atoms with Crippen molar-refractivity contribution in [2.45, 2.75) is 19.8 Å². The van der Waals surface area contributed by atoms with Gasteiger partial charge in [0.1, 0.15) is 11.5 Å². The summed E-state index contributed by atoms with van der Waals surface area (Å²) in [7, 11) is 3.20. The van der Waals surface area contributed by atoms with Gasteiger partial charge in [-0.3, -0.25) is 10.1 Å². The number of amides is 1. The fourth-order valence-corrected chi connectivity index (χ4v) is 3.85. The van der Waals surface area contributed by atoms with Gasteiger partial charge < -0.3 is 9.47 Å². The van der Waals surface area contributed by atoms with E-state index in [-0.39, 0.29) is 5.91 Å². The van der Waals surface area contributed by atoms with Crippen molar-refractivity contribution in [3.63, 3.8) is 0 Å². The molecule has 3 aromatic rings. The molecule has 1 amide bonds. The third-order valence-corrected chi connectivity index (χ3v) is 5.14. The lowest BCUT2D eigenvalue weighted by atomic mass is 10.1. The molecule has 0 saturated heterocycles. The van der Waals surface area contributed by atoms with Gasteiger partial charge in [0.2, 0.25) is 0 Å². The van der Waals surface area contributed by atoms with Crippen LogP contribution in [0.15, 0.2) is 48.5 Å². The van der Waals surface area contributed by atoms with Crippen LogP contribution in [0.4, 0.5) is 5.13 Å². The molecule has 0 unspecified atom stereocenters. The zero-order valence-corrected chi connectivity index (χ0v) is 16.4. The molecule has 0 saturated carbocycles. The van der Waals surface area contributed by atoms with Crippen LogP contribution in [0.25, 0.3) is 11.3 Å². The second kappa shape index (κ2) is 8.68. The summed E-state index contributed by atoms with van der Waals surface area (Å²) >= 11 is 1.51. The molecule has 0 aliphatic carbocycles. The van der Waals surface area contributed by atoms with Crippen LogP contribution < -0.4 is 14.8 Å². The molecule has 3 rings (SSSR count). The lowest BCUT2D eigenvalue weighted by molar-refractivity contribution is 0.102. The Morgan fingerprint density at radius 1 is 1.07 bits per heavy atom. The first-order chi connectivity index (χ1) is 13.2. The van der Waals surface area contributed by atoms with Gasteiger partial charge in [0, 0.05) is 10.4 Å². The van der Waals surface area contributed by atoms with E-state index < -0.39 is 0 Å². The highest BCUT2D eigenvalue weighted by molar-refractivity contribution is 7.16. The number of methoxy groups -OCH3 is 2. The number of aryl methyl sites for hydroxylation is 1. The van der Waals surface area contributed by atoms with Crippen molar-refractivity contribution in [2.24, 2.45) is 0 Å². The Morgan fingerprint density at radius 2 is 1.81 bits per heavy atom. The molecule has 0 fully saturated rings. The summed E-state index contributed by atoms with van der Waals surface area (Å²) in [4.78, 5) is 18.5. The van der Waals surface area contributed by atoms with Crippen LogP contribution in [-0.2, 0) is 6.42 Å². The maximum atomic E-state index is 12.7. The number of carbonyl (C=O) groups excluding carboxylic acids is 1. The standard InChI is InChI=1S/C21H22N2O3S/c1-4-7-18-19(14-10-12-15(25-2)13-11-14)22-21(27-18)23-20(24)16-8-5-6-9-17(16)26-3/h5-6,8-13H,4,7H2,1-3H3,(H,22,23,24). The van der Waals surface area contributed by atoms with E-state index in [1.54, 1.807) is 26.4 Å². The molecule has 0 radical (unpaired) electrons. The number of aromatic nitrogens is 1. The minimum atomic E-state index is -0.231. The molecule has 27 heavy (non-hydrogen) atoms. The largest absolute Gasteiger partial charge is 0.497 e. The van der Waals surface area contributed by atoms with Crippen molar-refractivity contribution >= 4 is 22.4 Å². The molecule has 6 heteroatoms. The summed E-state index contributed by atoms with van der Waals surface area (Å²) in [5, 5.41) is 3.49. The molecule has 1 aromatic heterocycles. The number of benzene rings is 2. The van der Waals surface area contributed by atoms with Gasteiger partial charge in [-0.1, -0.05) is 25.5 Å². The SMILES string of the molecule is CCCc1sc(NC(=O)c2ccccc2OC)nc1-c1ccc(OC)cc1. The fourth-order valence-electron chi connectivity index (χ4n) is 2.77. The Morgan fingerprint density at radius 3 is 2.48 bits per heavy atom. The molecule has 0 aliphatic rings. The number of hydrogen-bond donors (Lipinski definition) is 1. The van der Waals surface area contributed by atoms with Gasteiger partial charge in [-0.05, 0) is 42.8 Å². The van der Waals surface area contributed by atoms with Gasteiger partial charge in [-0.2, -0.15) is 0 Å². The minimum absolute atomic E-state index is 0.231. The monoisotopic (exact) mass is 382 g/mol. The van der Waals surface area contributed by atoms with Crippen molar-refractivity contribution in [3.8, 4) is 22.8 Å². The number of thiazole rings is 1. The average Bonchev–Trinajstić information content (AvgIpc) is 3.10. The van der Waals surface area contributed by atoms with Crippen LogP contribution in [0.3, 0.4) is 0 Å². The van der Waals surface area contributed by atoms with Crippen molar-refractivity contribution in [3.05, 3.63) is 59.0 Å². The zero-order valence-electron chi connectivity index (χ0n) is 15.6. The Balaban J connectivity index is 1.89. The Kier molecular flexibility index (Phi) is 6.08. The van der Waals surface area contributed by atoms with E-state index in [4.69, 9.17) is 9.47 Å². The van der Waals surface area contributed by atoms with Crippen LogP contribution in [0, 0.1) is 0 Å². The number of carbonyl (C=O) groups is 1. The average molecular weight is 382 g/mol. The zero-order chi connectivity index (χ0) is 19.2. The quantitative estimate of drug-likeness (QED) is 0.622. The normalized spacial score (nSPS) is 10.5. The van der Waals surface area contributed by atoms with E-state index in [2.05, 4.69) is 17.2 Å². The smallest absolute Gasteiger partial charge is 0.261 e. The van der Waals surface area contributed by atoms with Gasteiger partial charge in [0.05, 0.1) is 25.5 Å². The maximum absolute atomic E-state index is 12.7. The molecule has 5 nitrogen and oxygen atoms in total. The van der Waals surface area contributed by atoms with E-state index in [0.717, 1.165) is 34.7 Å². The topological polar surface area (TPSA) is 60.5 Å². The van der Waals surface area contributed by atoms with E-state index in [1.807, 2.05) is 36.4 Å². The van der Waals surface area contributed by atoms with Crippen LogP contribution >= 0.6 is 11.3 Å². The number of rotatable bonds is 7. The number of hydrogen-bond acceptors (Lipinski definition) is 5. The van der Waals surface area contributed by atoms with Gasteiger partial charge in [0.25, 0.3) is 5.91 Å². The second-order valence-electron chi connectivity index (χ2n) is 5.92. The third kappa shape index (κ3) is 4.28. The lowest BCUT2D eigenvalue weighted by Gasteiger charge is -2.07. The Bertz CT molecular complexity index is 919. The summed E-state index contributed by atoms with van der Waals surface area (Å²) < 4.78 is 10.5. The minimum Gasteiger partial charge on any atom is -0.497 e. The first kappa shape index (κ1) is 18.9. The summed E-state index contributed by atoms with van der Waals surface area (Å²) in [6, 6.07) is 14.9. The highest BCUT2D eigenvalue weighted by atomic mass is 32.1. The summed E-state index contributed by atoms with van der Waals surface area (Å²) in [6.07, 6.45) is 1.91.